The number of rotatable bonds is 3. The topological polar surface area (TPSA) is 74.4 Å². The minimum absolute atomic E-state index is 0.170. The van der Waals surface area contributed by atoms with Gasteiger partial charge >= 0.3 is 0 Å². The van der Waals surface area contributed by atoms with Gasteiger partial charge in [-0.25, -0.2) is 4.98 Å². The van der Waals surface area contributed by atoms with Crippen LogP contribution in [0.15, 0.2) is 102 Å². The molecule has 0 aliphatic rings. The van der Waals surface area contributed by atoms with E-state index in [9.17, 15) is 4.79 Å². The number of H-pyrrole nitrogens is 2. The third-order valence-electron chi connectivity index (χ3n) is 5.68. The maximum atomic E-state index is 12.8. The predicted octanol–water partition coefficient (Wildman–Crippen LogP) is 5.80. The Balaban J connectivity index is 1.65. The summed E-state index contributed by atoms with van der Waals surface area (Å²) < 4.78 is 0. The minimum atomic E-state index is -0.170. The Labute approximate surface area is 183 Å². The maximum Gasteiger partial charge on any atom is 0.258 e. The number of hydrogen-bond donors (Lipinski definition) is 2. The van der Waals surface area contributed by atoms with Crippen LogP contribution in [0.25, 0.3) is 55.6 Å². The van der Waals surface area contributed by atoms with Gasteiger partial charge in [-0.3, -0.25) is 9.78 Å². The lowest BCUT2D eigenvalue weighted by molar-refractivity contribution is 1.22. The van der Waals surface area contributed by atoms with Crippen LogP contribution in [0.5, 0.6) is 0 Å². The molecule has 0 bridgehead atoms. The number of nitrogens with zero attached hydrogens (tertiary/aromatic N) is 2. The molecule has 0 atom stereocenters. The summed E-state index contributed by atoms with van der Waals surface area (Å²) in [6.45, 7) is 0. The van der Waals surface area contributed by atoms with Crippen LogP contribution in [0.1, 0.15) is 0 Å². The standard InChI is InChI=1S/C27H18N4O/c32-27-22(24-9-5-13-29-24)16-20-15-21(18-10-11-23-19(14-18)8-4-12-28-23)25(30-26(20)31-27)17-6-2-1-3-7-17/h1-16,29H,(H,30,31,32). The molecule has 0 fully saturated rings. The van der Waals surface area contributed by atoms with Crippen molar-refractivity contribution in [3.05, 3.63) is 108 Å². The number of aromatic nitrogens is 4. The van der Waals surface area contributed by atoms with Crippen LogP contribution in [0.4, 0.5) is 0 Å². The van der Waals surface area contributed by atoms with Gasteiger partial charge in [-0.15, -0.1) is 0 Å². The first kappa shape index (κ1) is 18.3. The highest BCUT2D eigenvalue weighted by Gasteiger charge is 2.14. The zero-order valence-electron chi connectivity index (χ0n) is 17.0. The Hall–Kier alpha value is -4.51. The molecule has 0 aliphatic carbocycles. The molecule has 0 saturated carbocycles. The lowest BCUT2D eigenvalue weighted by Gasteiger charge is -2.13. The smallest absolute Gasteiger partial charge is 0.258 e. The fourth-order valence-corrected chi connectivity index (χ4v) is 4.11. The Morgan fingerprint density at radius 1 is 0.719 bits per heavy atom. The van der Waals surface area contributed by atoms with Gasteiger partial charge in [0.05, 0.1) is 22.5 Å². The van der Waals surface area contributed by atoms with E-state index in [0.29, 0.717) is 11.2 Å². The summed E-state index contributed by atoms with van der Waals surface area (Å²) in [4.78, 5) is 28.2. The van der Waals surface area contributed by atoms with Gasteiger partial charge in [0.2, 0.25) is 0 Å². The number of pyridine rings is 3. The molecule has 5 heteroatoms. The van der Waals surface area contributed by atoms with Gasteiger partial charge in [0, 0.05) is 34.3 Å². The number of aromatic amines is 2. The van der Waals surface area contributed by atoms with E-state index in [1.807, 2.05) is 66.9 Å². The third kappa shape index (κ3) is 3.08. The molecule has 32 heavy (non-hydrogen) atoms. The average molecular weight is 414 g/mol. The van der Waals surface area contributed by atoms with Gasteiger partial charge in [-0.2, -0.15) is 0 Å². The van der Waals surface area contributed by atoms with Crippen LogP contribution in [0.2, 0.25) is 0 Å². The quantitative estimate of drug-likeness (QED) is 0.384. The Morgan fingerprint density at radius 2 is 1.59 bits per heavy atom. The summed E-state index contributed by atoms with van der Waals surface area (Å²) in [5, 5.41) is 1.94. The van der Waals surface area contributed by atoms with Crippen LogP contribution in [-0.2, 0) is 0 Å². The molecule has 0 unspecified atom stereocenters. The average Bonchev–Trinajstić information content (AvgIpc) is 3.38. The second kappa shape index (κ2) is 7.32. The molecule has 4 heterocycles. The van der Waals surface area contributed by atoms with Crippen molar-refractivity contribution < 1.29 is 0 Å². The summed E-state index contributed by atoms with van der Waals surface area (Å²) in [7, 11) is 0. The van der Waals surface area contributed by atoms with E-state index in [1.165, 1.54) is 0 Å². The van der Waals surface area contributed by atoms with E-state index < -0.39 is 0 Å². The van der Waals surface area contributed by atoms with E-state index in [4.69, 9.17) is 4.98 Å². The molecule has 2 N–H and O–H groups in total. The minimum Gasteiger partial charge on any atom is -0.361 e. The van der Waals surface area contributed by atoms with Crippen molar-refractivity contribution in [3.8, 4) is 33.6 Å². The van der Waals surface area contributed by atoms with Crippen LogP contribution in [-0.4, -0.2) is 19.9 Å². The van der Waals surface area contributed by atoms with E-state index in [1.54, 1.807) is 6.20 Å². The molecule has 0 aliphatic heterocycles. The Morgan fingerprint density at radius 3 is 2.44 bits per heavy atom. The van der Waals surface area contributed by atoms with Crippen molar-refractivity contribution in [2.75, 3.05) is 0 Å². The van der Waals surface area contributed by atoms with Gasteiger partial charge in [-0.1, -0.05) is 42.5 Å². The summed E-state index contributed by atoms with van der Waals surface area (Å²) in [6, 6.07) is 28.0. The molecule has 6 aromatic rings. The number of hydrogen-bond acceptors (Lipinski definition) is 3. The van der Waals surface area contributed by atoms with Crippen molar-refractivity contribution in [2.24, 2.45) is 0 Å². The van der Waals surface area contributed by atoms with Gasteiger partial charge in [0.25, 0.3) is 5.56 Å². The number of fused-ring (bicyclic) bond motifs is 2. The van der Waals surface area contributed by atoms with Gasteiger partial charge in [-0.05, 0) is 48.0 Å². The first-order valence-electron chi connectivity index (χ1n) is 10.4. The molecular formula is C27H18N4O. The fraction of sp³-hybridized carbons (Fsp3) is 0. The highest BCUT2D eigenvalue weighted by Crippen LogP contribution is 2.34. The lowest BCUT2D eigenvalue weighted by atomic mass is 9.96. The van der Waals surface area contributed by atoms with Crippen molar-refractivity contribution >= 4 is 21.9 Å². The monoisotopic (exact) mass is 414 g/mol. The van der Waals surface area contributed by atoms with E-state index in [2.05, 4.69) is 39.2 Å². The van der Waals surface area contributed by atoms with E-state index in [0.717, 1.165) is 44.4 Å². The highest BCUT2D eigenvalue weighted by atomic mass is 16.1. The summed E-state index contributed by atoms with van der Waals surface area (Å²) in [5.41, 5.74) is 6.57. The second-order valence-electron chi connectivity index (χ2n) is 7.70. The molecule has 0 saturated heterocycles. The van der Waals surface area contributed by atoms with Gasteiger partial charge in [0.15, 0.2) is 0 Å². The molecule has 2 aromatic carbocycles. The van der Waals surface area contributed by atoms with E-state index in [-0.39, 0.29) is 5.56 Å². The third-order valence-corrected chi connectivity index (χ3v) is 5.68. The van der Waals surface area contributed by atoms with Crippen LogP contribution < -0.4 is 5.56 Å². The molecule has 4 aromatic heterocycles. The van der Waals surface area contributed by atoms with Gasteiger partial charge in [0.1, 0.15) is 5.65 Å². The van der Waals surface area contributed by atoms with Crippen molar-refractivity contribution in [2.45, 2.75) is 0 Å². The molecule has 0 spiro atoms. The van der Waals surface area contributed by atoms with Gasteiger partial charge < -0.3 is 9.97 Å². The molecule has 5 nitrogen and oxygen atoms in total. The molecule has 6 rings (SSSR count). The summed E-state index contributed by atoms with van der Waals surface area (Å²) in [5.74, 6) is 0. The Kier molecular flexibility index (Phi) is 4.18. The second-order valence-corrected chi connectivity index (χ2v) is 7.70. The maximum absolute atomic E-state index is 12.8. The SMILES string of the molecule is O=c1[nH]c2nc(-c3ccccc3)c(-c3ccc4ncccc4c3)cc2cc1-c1ccc[nH]1. The van der Waals surface area contributed by atoms with E-state index >= 15 is 0 Å². The zero-order valence-corrected chi connectivity index (χ0v) is 17.0. The highest BCUT2D eigenvalue weighted by molar-refractivity contribution is 5.94. The summed E-state index contributed by atoms with van der Waals surface area (Å²) in [6.07, 6.45) is 3.61. The van der Waals surface area contributed by atoms with Crippen molar-refractivity contribution in [1.82, 2.24) is 19.9 Å². The largest absolute Gasteiger partial charge is 0.361 e. The molecular weight excluding hydrogens is 396 g/mol. The molecule has 152 valence electrons. The lowest BCUT2D eigenvalue weighted by Crippen LogP contribution is -2.10. The molecule has 0 amide bonds. The van der Waals surface area contributed by atoms with Crippen molar-refractivity contribution in [1.29, 1.82) is 0 Å². The van der Waals surface area contributed by atoms with Crippen LogP contribution in [0.3, 0.4) is 0 Å². The normalized spacial score (nSPS) is 11.2. The first-order chi connectivity index (χ1) is 15.8. The first-order valence-corrected chi connectivity index (χ1v) is 10.4. The summed E-state index contributed by atoms with van der Waals surface area (Å²) >= 11 is 0. The number of benzene rings is 2. The predicted molar refractivity (Wildman–Crippen MR) is 128 cm³/mol. The van der Waals surface area contributed by atoms with Crippen molar-refractivity contribution in [3.63, 3.8) is 0 Å². The zero-order chi connectivity index (χ0) is 21.5. The van der Waals surface area contributed by atoms with Crippen LogP contribution >= 0.6 is 0 Å². The molecule has 0 radical (unpaired) electrons. The fourth-order valence-electron chi connectivity index (χ4n) is 4.11. The van der Waals surface area contributed by atoms with Crippen LogP contribution in [0, 0.1) is 0 Å². The number of nitrogens with one attached hydrogen (secondary N) is 2. The Bertz CT molecular complexity index is 1630.